The summed E-state index contributed by atoms with van der Waals surface area (Å²) in [6, 6.07) is 10.7. The second kappa shape index (κ2) is 9.64. The largest absolute Gasteiger partial charge is 0.493 e. The van der Waals surface area contributed by atoms with E-state index >= 15 is 0 Å². The molecule has 0 saturated carbocycles. The van der Waals surface area contributed by atoms with Crippen LogP contribution in [0.3, 0.4) is 0 Å². The maximum absolute atomic E-state index is 11.4. The van der Waals surface area contributed by atoms with E-state index in [1.54, 1.807) is 28.4 Å². The van der Waals surface area contributed by atoms with Crippen LogP contribution in [0.25, 0.3) is 0 Å². The third-order valence-electron chi connectivity index (χ3n) is 5.17. The lowest BCUT2D eigenvalue weighted by atomic mass is 10.2. The average molecular weight is 417 g/mol. The van der Waals surface area contributed by atoms with Crippen molar-refractivity contribution in [2.75, 3.05) is 41.5 Å². The van der Waals surface area contributed by atoms with Crippen LogP contribution in [0, 0.1) is 10.1 Å². The first kappa shape index (κ1) is 21.7. The minimum absolute atomic E-state index is 0.212. The minimum atomic E-state index is -0.648. The van der Waals surface area contributed by atoms with Gasteiger partial charge in [-0.05, 0) is 35.4 Å². The van der Waals surface area contributed by atoms with Gasteiger partial charge in [0, 0.05) is 18.0 Å². The molecule has 0 aromatic heterocycles. The van der Waals surface area contributed by atoms with E-state index in [1.807, 2.05) is 46.4 Å². The summed E-state index contributed by atoms with van der Waals surface area (Å²) in [6.45, 7) is 1.74. The van der Waals surface area contributed by atoms with Crippen LogP contribution in [0.15, 0.2) is 36.4 Å². The monoisotopic (exact) mass is 417 g/mol. The molecule has 0 radical (unpaired) electrons. The summed E-state index contributed by atoms with van der Waals surface area (Å²) in [5.41, 5.74) is 1.96. The summed E-state index contributed by atoms with van der Waals surface area (Å²) in [4.78, 5) is 11.2. The highest BCUT2D eigenvalue weighted by molar-refractivity contribution is 5.43. The van der Waals surface area contributed by atoms with Gasteiger partial charge in [-0.15, -0.1) is 0 Å². The second-order valence-electron chi connectivity index (χ2n) is 7.01. The molecule has 0 N–H and O–H groups in total. The van der Waals surface area contributed by atoms with Gasteiger partial charge in [0.15, 0.2) is 23.0 Å². The van der Waals surface area contributed by atoms with Gasteiger partial charge in [0.1, 0.15) is 0 Å². The number of nitrogens with zero attached hydrogens (tertiary/aromatic N) is 3. The molecule has 3 rings (SSSR count). The van der Waals surface area contributed by atoms with Gasteiger partial charge in [-0.25, -0.2) is 10.0 Å². The van der Waals surface area contributed by atoms with Crippen molar-refractivity contribution in [2.24, 2.45) is 0 Å². The van der Waals surface area contributed by atoms with Gasteiger partial charge in [0.05, 0.1) is 41.5 Å². The van der Waals surface area contributed by atoms with Crippen LogP contribution < -0.4 is 18.9 Å². The van der Waals surface area contributed by atoms with Crippen molar-refractivity contribution in [1.82, 2.24) is 10.0 Å². The van der Waals surface area contributed by atoms with Crippen LogP contribution in [0.5, 0.6) is 23.0 Å². The van der Waals surface area contributed by atoms with Crippen LogP contribution in [0.2, 0.25) is 0 Å². The van der Waals surface area contributed by atoms with Gasteiger partial charge in [-0.3, -0.25) is 10.1 Å². The number of hydrogen-bond donors (Lipinski definition) is 0. The van der Waals surface area contributed by atoms with Gasteiger partial charge in [-0.1, -0.05) is 12.1 Å². The fourth-order valence-electron chi connectivity index (χ4n) is 3.62. The van der Waals surface area contributed by atoms with Gasteiger partial charge in [0.25, 0.3) is 0 Å². The van der Waals surface area contributed by atoms with Crippen molar-refractivity contribution in [3.8, 4) is 23.0 Å². The van der Waals surface area contributed by atoms with Crippen LogP contribution in [-0.4, -0.2) is 62.5 Å². The van der Waals surface area contributed by atoms with E-state index in [9.17, 15) is 10.1 Å². The zero-order valence-electron chi connectivity index (χ0n) is 17.7. The highest BCUT2D eigenvalue weighted by Crippen LogP contribution is 2.31. The zero-order valence-corrected chi connectivity index (χ0v) is 17.7. The summed E-state index contributed by atoms with van der Waals surface area (Å²) in [5, 5.41) is 15.5. The molecule has 2 aromatic rings. The maximum Gasteiger partial charge on any atom is 0.240 e. The maximum atomic E-state index is 11.4. The fourth-order valence-corrected chi connectivity index (χ4v) is 3.62. The molecule has 9 heteroatoms. The van der Waals surface area contributed by atoms with E-state index in [4.69, 9.17) is 18.9 Å². The van der Waals surface area contributed by atoms with Crippen LogP contribution in [0.1, 0.15) is 11.1 Å². The third kappa shape index (κ3) is 4.74. The normalized spacial score (nSPS) is 15.2. The van der Waals surface area contributed by atoms with Crippen molar-refractivity contribution < 1.29 is 23.9 Å². The van der Waals surface area contributed by atoms with Crippen LogP contribution in [0.4, 0.5) is 0 Å². The van der Waals surface area contributed by atoms with Crippen molar-refractivity contribution in [3.63, 3.8) is 0 Å². The Labute approximate surface area is 175 Å². The van der Waals surface area contributed by atoms with E-state index in [1.165, 1.54) is 0 Å². The number of methoxy groups -OCH3 is 4. The van der Waals surface area contributed by atoms with E-state index in [0.717, 1.165) is 11.1 Å². The summed E-state index contributed by atoms with van der Waals surface area (Å²) >= 11 is 0. The number of benzene rings is 2. The van der Waals surface area contributed by atoms with E-state index in [2.05, 4.69) is 0 Å². The lowest BCUT2D eigenvalue weighted by molar-refractivity contribution is -0.515. The van der Waals surface area contributed by atoms with Gasteiger partial charge < -0.3 is 18.9 Å². The molecular weight excluding hydrogens is 390 g/mol. The van der Waals surface area contributed by atoms with E-state index in [0.29, 0.717) is 49.2 Å². The molecule has 0 bridgehead atoms. The number of ether oxygens (including phenoxy) is 4. The minimum Gasteiger partial charge on any atom is -0.493 e. The Balaban J connectivity index is 1.80. The molecule has 0 atom stereocenters. The first-order valence-corrected chi connectivity index (χ1v) is 9.54. The lowest BCUT2D eigenvalue weighted by Gasteiger charge is -2.27. The van der Waals surface area contributed by atoms with Gasteiger partial charge in [-0.2, -0.15) is 0 Å². The quantitative estimate of drug-likeness (QED) is 0.455. The molecular formula is C21H27N3O6. The summed E-state index contributed by atoms with van der Waals surface area (Å²) in [7, 11) is 6.35. The molecule has 0 amide bonds. The molecule has 1 heterocycles. The van der Waals surface area contributed by atoms with Crippen molar-refractivity contribution in [3.05, 3.63) is 57.6 Å². The van der Waals surface area contributed by atoms with Crippen molar-refractivity contribution in [1.29, 1.82) is 0 Å². The number of nitro groups is 1. The first-order chi connectivity index (χ1) is 14.5. The smallest absolute Gasteiger partial charge is 0.240 e. The molecule has 2 aromatic carbocycles. The van der Waals surface area contributed by atoms with Crippen LogP contribution in [-0.2, 0) is 13.1 Å². The van der Waals surface area contributed by atoms with E-state index in [-0.39, 0.29) is 4.92 Å². The van der Waals surface area contributed by atoms with Crippen molar-refractivity contribution >= 4 is 0 Å². The molecule has 0 unspecified atom stereocenters. The fraction of sp³-hybridized carbons (Fsp3) is 0.429. The number of rotatable bonds is 9. The Morgan fingerprint density at radius 1 is 0.800 bits per heavy atom. The first-order valence-electron chi connectivity index (χ1n) is 9.54. The molecule has 30 heavy (non-hydrogen) atoms. The molecule has 1 aliphatic heterocycles. The zero-order chi connectivity index (χ0) is 21.7. The average Bonchev–Trinajstić information content (AvgIpc) is 3.16. The van der Waals surface area contributed by atoms with Gasteiger partial charge >= 0.3 is 0 Å². The predicted molar refractivity (Wildman–Crippen MR) is 111 cm³/mol. The summed E-state index contributed by atoms with van der Waals surface area (Å²) < 4.78 is 21.3. The third-order valence-corrected chi connectivity index (χ3v) is 5.17. The topological polar surface area (TPSA) is 86.5 Å². The highest BCUT2D eigenvalue weighted by atomic mass is 16.6. The number of hydrazine groups is 1. The molecule has 1 saturated heterocycles. The molecule has 9 nitrogen and oxygen atoms in total. The Bertz CT molecular complexity index is 826. The Hall–Kier alpha value is -3.04. The molecule has 0 aliphatic carbocycles. The molecule has 1 aliphatic rings. The highest BCUT2D eigenvalue weighted by Gasteiger charge is 2.37. The molecule has 0 spiro atoms. The standard InChI is InChI=1S/C21H27N3O6/c1-27-18-7-5-15(9-20(18)29-3)11-22-13-17(24(25)26)14-23(22)12-16-6-8-19(28-2)21(10-16)30-4/h5-10,17H,11-14H2,1-4H3. The van der Waals surface area contributed by atoms with Crippen LogP contribution >= 0.6 is 0 Å². The Morgan fingerprint density at radius 2 is 1.20 bits per heavy atom. The Morgan fingerprint density at radius 3 is 1.53 bits per heavy atom. The Kier molecular flexibility index (Phi) is 6.96. The number of hydrogen-bond acceptors (Lipinski definition) is 8. The van der Waals surface area contributed by atoms with E-state index < -0.39 is 6.04 Å². The van der Waals surface area contributed by atoms with Gasteiger partial charge in [0.2, 0.25) is 6.04 Å². The molecule has 162 valence electrons. The lowest BCUT2D eigenvalue weighted by Crippen LogP contribution is -2.35. The van der Waals surface area contributed by atoms with Crippen molar-refractivity contribution in [2.45, 2.75) is 19.1 Å². The SMILES string of the molecule is COc1ccc(CN2CC([N+](=O)[O-])CN2Cc2ccc(OC)c(OC)c2)cc1OC. The predicted octanol–water partition coefficient (Wildman–Crippen LogP) is 2.60. The second-order valence-corrected chi connectivity index (χ2v) is 7.01. The summed E-state index contributed by atoms with van der Waals surface area (Å²) in [6.07, 6.45) is 0. The molecule has 1 fully saturated rings. The summed E-state index contributed by atoms with van der Waals surface area (Å²) in [5.74, 6) is 2.55.